The van der Waals surface area contributed by atoms with Crippen LogP contribution in [-0.4, -0.2) is 30.9 Å². The van der Waals surface area contributed by atoms with Gasteiger partial charge in [-0.1, -0.05) is 23.7 Å². The predicted molar refractivity (Wildman–Crippen MR) is 62.0 cm³/mol. The van der Waals surface area contributed by atoms with Crippen LogP contribution in [-0.2, 0) is 9.63 Å². The molecule has 0 spiro atoms. The Hall–Kier alpha value is -0.710. The number of amides is 1. The minimum atomic E-state index is -0.0950. The molecule has 0 fully saturated rings. The van der Waals surface area contributed by atoms with Crippen LogP contribution in [0.3, 0.4) is 0 Å². The minimum absolute atomic E-state index is 0.0950. The highest BCUT2D eigenvalue weighted by Gasteiger charge is 2.09. The fraction of sp³-hybridized carbons (Fsp3) is 0.300. The molecular weight excluding hydrogens is 234 g/mol. The predicted octanol–water partition coefficient (Wildman–Crippen LogP) is 2.45. The maximum absolute atomic E-state index is 11.4. The maximum atomic E-state index is 11.4. The lowest BCUT2D eigenvalue weighted by molar-refractivity contribution is -0.165. The molecule has 0 aliphatic carbocycles. The lowest BCUT2D eigenvalue weighted by Gasteiger charge is -2.13. The molecule has 15 heavy (non-hydrogen) atoms. The summed E-state index contributed by atoms with van der Waals surface area (Å²) in [5.41, 5.74) is 0. The Balaban J connectivity index is 2.51. The summed E-state index contributed by atoms with van der Waals surface area (Å²) < 4.78 is 0. The van der Waals surface area contributed by atoms with Crippen LogP contribution >= 0.6 is 23.4 Å². The van der Waals surface area contributed by atoms with Gasteiger partial charge in [0.15, 0.2) is 0 Å². The second-order valence-electron chi connectivity index (χ2n) is 2.79. The van der Waals surface area contributed by atoms with Crippen molar-refractivity contribution in [3.05, 3.63) is 29.3 Å². The third kappa shape index (κ3) is 3.74. The van der Waals surface area contributed by atoms with Crippen molar-refractivity contribution in [3.8, 4) is 0 Å². The van der Waals surface area contributed by atoms with Gasteiger partial charge in [0.05, 0.1) is 17.9 Å². The summed E-state index contributed by atoms with van der Waals surface area (Å²) in [6.45, 7) is 0. The molecule has 82 valence electrons. The summed E-state index contributed by atoms with van der Waals surface area (Å²) in [5.74, 6) is 0.219. The van der Waals surface area contributed by atoms with Crippen LogP contribution < -0.4 is 0 Å². The van der Waals surface area contributed by atoms with Crippen LogP contribution in [0.25, 0.3) is 0 Å². The zero-order valence-corrected chi connectivity index (χ0v) is 10.1. The monoisotopic (exact) mass is 245 g/mol. The molecule has 3 nitrogen and oxygen atoms in total. The van der Waals surface area contributed by atoms with Crippen molar-refractivity contribution in [2.24, 2.45) is 0 Å². The normalized spacial score (nSPS) is 10.1. The average molecular weight is 246 g/mol. The number of benzene rings is 1. The van der Waals surface area contributed by atoms with Gasteiger partial charge in [-0.2, -0.15) is 0 Å². The summed E-state index contributed by atoms with van der Waals surface area (Å²) in [4.78, 5) is 17.1. The number of nitrogens with zero attached hydrogens (tertiary/aromatic N) is 1. The lowest BCUT2D eigenvalue weighted by Crippen LogP contribution is -2.26. The van der Waals surface area contributed by atoms with E-state index in [0.29, 0.717) is 10.8 Å². The van der Waals surface area contributed by atoms with E-state index in [1.165, 1.54) is 23.9 Å². The molecule has 0 aliphatic rings. The van der Waals surface area contributed by atoms with Gasteiger partial charge in [-0.05, 0) is 12.1 Å². The van der Waals surface area contributed by atoms with Gasteiger partial charge in [0, 0.05) is 11.9 Å². The number of carbonyl (C=O) groups excluding carboxylic acids is 1. The number of rotatable bonds is 4. The van der Waals surface area contributed by atoms with Gasteiger partial charge in [-0.25, -0.2) is 5.06 Å². The molecule has 0 aromatic heterocycles. The summed E-state index contributed by atoms with van der Waals surface area (Å²) in [7, 11) is 3.04. The zero-order valence-electron chi connectivity index (χ0n) is 8.57. The van der Waals surface area contributed by atoms with Gasteiger partial charge in [-0.3, -0.25) is 9.63 Å². The standard InChI is InChI=1S/C10H12ClNO2S/c1-12(14-2)10(13)7-15-9-6-4-3-5-8(9)11/h3-6H,7H2,1-2H3. The second kappa shape index (κ2) is 6.00. The first-order chi connectivity index (χ1) is 7.15. The smallest absolute Gasteiger partial charge is 0.256 e. The molecule has 5 heteroatoms. The van der Waals surface area contributed by atoms with Gasteiger partial charge in [0.1, 0.15) is 0 Å². The molecular formula is C10H12ClNO2S. The molecule has 1 amide bonds. The van der Waals surface area contributed by atoms with Crippen molar-refractivity contribution in [2.75, 3.05) is 19.9 Å². The fourth-order valence-corrected chi connectivity index (χ4v) is 2.03. The maximum Gasteiger partial charge on any atom is 0.256 e. The third-order valence-electron chi connectivity index (χ3n) is 1.81. The number of halogens is 1. The first-order valence-corrected chi connectivity index (χ1v) is 5.69. The van der Waals surface area contributed by atoms with E-state index in [1.54, 1.807) is 13.1 Å². The number of carbonyl (C=O) groups is 1. The number of hydroxylamine groups is 2. The number of hydrogen-bond acceptors (Lipinski definition) is 3. The Kier molecular flexibility index (Phi) is 4.94. The van der Waals surface area contributed by atoms with Crippen molar-refractivity contribution in [3.63, 3.8) is 0 Å². The molecule has 1 aromatic carbocycles. The molecule has 0 aliphatic heterocycles. The lowest BCUT2D eigenvalue weighted by atomic mass is 10.4. The molecule has 1 aromatic rings. The Morgan fingerprint density at radius 3 is 2.80 bits per heavy atom. The Morgan fingerprint density at radius 2 is 2.20 bits per heavy atom. The van der Waals surface area contributed by atoms with Gasteiger partial charge in [0.25, 0.3) is 5.91 Å². The summed E-state index contributed by atoms with van der Waals surface area (Å²) in [6.07, 6.45) is 0. The van der Waals surface area contributed by atoms with E-state index in [-0.39, 0.29) is 5.91 Å². The topological polar surface area (TPSA) is 29.5 Å². The zero-order chi connectivity index (χ0) is 11.3. The van der Waals surface area contributed by atoms with Gasteiger partial charge >= 0.3 is 0 Å². The Labute approximate surface area is 98.3 Å². The van der Waals surface area contributed by atoms with Crippen molar-refractivity contribution in [1.29, 1.82) is 0 Å². The molecule has 0 heterocycles. The van der Waals surface area contributed by atoms with Crippen LogP contribution in [0.2, 0.25) is 5.02 Å². The van der Waals surface area contributed by atoms with Crippen LogP contribution in [0, 0.1) is 0 Å². The molecule has 0 saturated heterocycles. The summed E-state index contributed by atoms with van der Waals surface area (Å²) in [6, 6.07) is 7.43. The van der Waals surface area contributed by atoms with Crippen molar-refractivity contribution in [2.45, 2.75) is 4.90 Å². The molecule has 1 rings (SSSR count). The highest BCUT2D eigenvalue weighted by molar-refractivity contribution is 8.00. The van der Waals surface area contributed by atoms with Crippen LogP contribution in [0.1, 0.15) is 0 Å². The van der Waals surface area contributed by atoms with E-state index in [4.69, 9.17) is 16.4 Å². The highest BCUT2D eigenvalue weighted by atomic mass is 35.5. The Bertz CT molecular complexity index is 346. The summed E-state index contributed by atoms with van der Waals surface area (Å²) in [5, 5.41) is 1.86. The fourth-order valence-electron chi connectivity index (χ4n) is 0.894. The highest BCUT2D eigenvalue weighted by Crippen LogP contribution is 2.26. The van der Waals surface area contributed by atoms with Crippen LogP contribution in [0.15, 0.2) is 29.2 Å². The SMILES string of the molecule is CON(C)C(=O)CSc1ccccc1Cl. The Morgan fingerprint density at radius 1 is 1.53 bits per heavy atom. The average Bonchev–Trinajstić information content (AvgIpc) is 2.26. The van der Waals surface area contributed by atoms with Gasteiger partial charge in [0.2, 0.25) is 0 Å². The largest absolute Gasteiger partial charge is 0.275 e. The van der Waals surface area contributed by atoms with E-state index in [1.807, 2.05) is 18.2 Å². The van der Waals surface area contributed by atoms with E-state index in [2.05, 4.69) is 0 Å². The molecule has 0 unspecified atom stereocenters. The van der Waals surface area contributed by atoms with Crippen molar-refractivity contribution < 1.29 is 9.63 Å². The van der Waals surface area contributed by atoms with Crippen molar-refractivity contribution in [1.82, 2.24) is 5.06 Å². The molecule has 0 bridgehead atoms. The number of thioether (sulfide) groups is 1. The van der Waals surface area contributed by atoms with E-state index < -0.39 is 0 Å². The summed E-state index contributed by atoms with van der Waals surface area (Å²) >= 11 is 7.34. The first-order valence-electron chi connectivity index (χ1n) is 4.33. The molecule has 0 saturated carbocycles. The third-order valence-corrected chi connectivity index (χ3v) is 3.31. The minimum Gasteiger partial charge on any atom is -0.275 e. The van der Waals surface area contributed by atoms with Crippen LogP contribution in [0.4, 0.5) is 0 Å². The molecule has 0 N–H and O–H groups in total. The molecule has 0 radical (unpaired) electrons. The van der Waals surface area contributed by atoms with Gasteiger partial charge in [-0.15, -0.1) is 11.8 Å². The van der Waals surface area contributed by atoms with Crippen molar-refractivity contribution >= 4 is 29.3 Å². The van der Waals surface area contributed by atoms with Gasteiger partial charge < -0.3 is 0 Å². The van der Waals surface area contributed by atoms with Crippen LogP contribution in [0.5, 0.6) is 0 Å². The number of hydrogen-bond donors (Lipinski definition) is 0. The molecule has 0 atom stereocenters. The van der Waals surface area contributed by atoms with E-state index in [9.17, 15) is 4.79 Å². The van der Waals surface area contributed by atoms with E-state index in [0.717, 1.165) is 4.90 Å². The second-order valence-corrected chi connectivity index (χ2v) is 4.22. The quantitative estimate of drug-likeness (QED) is 0.603. The first kappa shape index (κ1) is 12.4. The van der Waals surface area contributed by atoms with E-state index >= 15 is 0 Å².